The number of Topliss-reactive ketones (excluding diaryl/α,β-unsaturated/α-hetero) is 1. The van der Waals surface area contributed by atoms with Gasteiger partial charge >= 0.3 is 11.9 Å². The van der Waals surface area contributed by atoms with Crippen LogP contribution in [0.25, 0.3) is 0 Å². The molecule has 0 heterocycles. The number of carbonyl (C=O) groups is 3. The van der Waals surface area contributed by atoms with Crippen molar-refractivity contribution in [3.63, 3.8) is 0 Å². The van der Waals surface area contributed by atoms with Crippen LogP contribution in [0.4, 0.5) is 0 Å². The first kappa shape index (κ1) is 21.6. The Labute approximate surface area is 179 Å². The van der Waals surface area contributed by atoms with Crippen LogP contribution in [-0.2, 0) is 23.9 Å². The molecular weight excluding hydrogens is 380 g/mol. The molecule has 4 aliphatic carbocycles. The van der Waals surface area contributed by atoms with Gasteiger partial charge in [0.1, 0.15) is 18.0 Å². The monoisotopic (exact) mass is 416 g/mol. The Morgan fingerprint density at radius 3 is 2.23 bits per heavy atom. The predicted molar refractivity (Wildman–Crippen MR) is 112 cm³/mol. The molecule has 0 aliphatic heterocycles. The lowest BCUT2D eigenvalue weighted by molar-refractivity contribution is -0.230. The number of hydrogen-bond acceptors (Lipinski definition) is 5. The molecule has 4 rings (SSSR count). The van der Waals surface area contributed by atoms with Gasteiger partial charge in [-0.3, -0.25) is 14.4 Å². The van der Waals surface area contributed by atoms with E-state index in [4.69, 9.17) is 9.47 Å². The van der Waals surface area contributed by atoms with Crippen molar-refractivity contribution in [3.8, 4) is 0 Å². The third-order valence-electron chi connectivity index (χ3n) is 9.32. The van der Waals surface area contributed by atoms with Crippen LogP contribution in [0.2, 0.25) is 0 Å². The Morgan fingerprint density at radius 1 is 0.933 bits per heavy atom. The van der Waals surface area contributed by atoms with E-state index in [9.17, 15) is 14.4 Å². The van der Waals surface area contributed by atoms with Gasteiger partial charge in [0, 0.05) is 38.5 Å². The first-order valence-electron chi connectivity index (χ1n) is 11.6. The summed E-state index contributed by atoms with van der Waals surface area (Å²) in [5.41, 5.74) is 1.56. The minimum absolute atomic E-state index is 0.0741. The fraction of sp³-hybridized carbons (Fsp3) is 0.800. The van der Waals surface area contributed by atoms with Crippen LogP contribution in [-0.4, -0.2) is 29.9 Å². The van der Waals surface area contributed by atoms with Crippen LogP contribution in [0.5, 0.6) is 0 Å². The lowest BCUT2D eigenvalue weighted by atomic mass is 9.43. The zero-order valence-corrected chi connectivity index (χ0v) is 19.0. The molecule has 0 aromatic rings. The number of hydrogen-bond donors (Lipinski definition) is 0. The van der Waals surface area contributed by atoms with Crippen molar-refractivity contribution in [2.75, 3.05) is 0 Å². The van der Waals surface area contributed by atoms with Crippen LogP contribution in [0.1, 0.15) is 79.6 Å². The van der Waals surface area contributed by atoms with Gasteiger partial charge in [0.25, 0.3) is 0 Å². The van der Waals surface area contributed by atoms with Gasteiger partial charge < -0.3 is 9.47 Å². The number of esters is 2. The van der Waals surface area contributed by atoms with Crippen molar-refractivity contribution in [3.05, 3.63) is 11.6 Å². The van der Waals surface area contributed by atoms with Gasteiger partial charge in [0.05, 0.1) is 0 Å². The quantitative estimate of drug-likeness (QED) is 0.485. The smallest absolute Gasteiger partial charge is 0.303 e. The Morgan fingerprint density at radius 2 is 1.60 bits per heavy atom. The average Bonchev–Trinajstić information content (AvgIpc) is 3.01. The van der Waals surface area contributed by atoms with Crippen LogP contribution >= 0.6 is 0 Å². The number of ether oxygens (including phenoxy) is 2. The Hall–Kier alpha value is -1.65. The molecule has 4 fully saturated rings. The van der Waals surface area contributed by atoms with Crippen molar-refractivity contribution in [2.45, 2.75) is 91.8 Å². The third-order valence-corrected chi connectivity index (χ3v) is 9.32. The molecule has 0 aromatic heterocycles. The second kappa shape index (κ2) is 7.49. The minimum Gasteiger partial charge on any atom is -0.458 e. The third kappa shape index (κ3) is 3.15. The maximum atomic E-state index is 12.4. The van der Waals surface area contributed by atoms with E-state index in [1.807, 2.05) is 0 Å². The maximum Gasteiger partial charge on any atom is 0.303 e. The summed E-state index contributed by atoms with van der Waals surface area (Å²) in [7, 11) is 0. The molecule has 4 aliphatic rings. The van der Waals surface area contributed by atoms with Crippen LogP contribution < -0.4 is 0 Å². The molecule has 5 nitrogen and oxygen atoms in total. The van der Waals surface area contributed by atoms with Crippen LogP contribution in [0, 0.1) is 34.5 Å². The molecule has 0 saturated heterocycles. The molecular formula is C25H36O5. The molecule has 0 radical (unpaired) electrons. The summed E-state index contributed by atoms with van der Waals surface area (Å²) in [6.07, 6.45) is 7.49. The summed E-state index contributed by atoms with van der Waals surface area (Å²) >= 11 is 0. The molecule has 0 amide bonds. The fourth-order valence-electron chi connectivity index (χ4n) is 8.00. The van der Waals surface area contributed by atoms with E-state index in [-0.39, 0.29) is 40.4 Å². The van der Waals surface area contributed by atoms with E-state index >= 15 is 0 Å². The van der Waals surface area contributed by atoms with Gasteiger partial charge in [-0.1, -0.05) is 25.5 Å². The lowest BCUT2D eigenvalue weighted by Gasteiger charge is -2.63. The van der Waals surface area contributed by atoms with E-state index in [1.54, 1.807) is 0 Å². The highest BCUT2D eigenvalue weighted by Gasteiger charge is 2.66. The van der Waals surface area contributed by atoms with Gasteiger partial charge in [-0.05, 0) is 61.7 Å². The van der Waals surface area contributed by atoms with Crippen molar-refractivity contribution in [1.82, 2.24) is 0 Å². The Balaban J connectivity index is 1.83. The Bertz CT molecular complexity index is 784. The first-order chi connectivity index (χ1) is 14.1. The van der Waals surface area contributed by atoms with E-state index in [1.165, 1.54) is 19.4 Å². The highest BCUT2D eigenvalue weighted by molar-refractivity contribution is 5.80. The summed E-state index contributed by atoms with van der Waals surface area (Å²) in [5.74, 6) is 0.381. The van der Waals surface area contributed by atoms with Crippen molar-refractivity contribution >= 4 is 17.7 Å². The predicted octanol–water partition coefficient (Wildman–Crippen LogP) is 4.63. The SMILES string of the molecule is C/C=C1/CCC2C3C(CC[C@]12C)[C@@]1(C)CCC(=O)CC1[C@@H](OC(C)=O)[C@@H]3OC(C)=O. The van der Waals surface area contributed by atoms with Crippen LogP contribution in [0.15, 0.2) is 11.6 Å². The molecule has 0 spiro atoms. The van der Waals surface area contributed by atoms with E-state index in [0.29, 0.717) is 24.7 Å². The maximum absolute atomic E-state index is 12.4. The van der Waals surface area contributed by atoms with E-state index in [2.05, 4.69) is 26.8 Å². The van der Waals surface area contributed by atoms with Gasteiger partial charge in [-0.2, -0.15) is 0 Å². The Kier molecular flexibility index (Phi) is 5.39. The van der Waals surface area contributed by atoms with Gasteiger partial charge in [0.2, 0.25) is 0 Å². The normalized spacial score (nSPS) is 46.6. The highest BCUT2D eigenvalue weighted by Crippen LogP contribution is 2.67. The zero-order valence-electron chi connectivity index (χ0n) is 19.0. The van der Waals surface area contributed by atoms with Crippen molar-refractivity contribution < 1.29 is 23.9 Å². The topological polar surface area (TPSA) is 69.7 Å². The molecule has 0 aromatic carbocycles. The molecule has 4 saturated carbocycles. The highest BCUT2D eigenvalue weighted by atomic mass is 16.6. The zero-order chi connectivity index (χ0) is 21.8. The summed E-state index contributed by atoms with van der Waals surface area (Å²) in [6.45, 7) is 9.66. The lowest BCUT2D eigenvalue weighted by Crippen LogP contribution is -2.65. The summed E-state index contributed by atoms with van der Waals surface area (Å²) in [5, 5.41) is 0. The number of allylic oxidation sites excluding steroid dienone is 2. The molecule has 166 valence electrons. The number of carbonyl (C=O) groups excluding carboxylic acids is 3. The van der Waals surface area contributed by atoms with Crippen LogP contribution in [0.3, 0.4) is 0 Å². The average molecular weight is 417 g/mol. The summed E-state index contributed by atoms with van der Waals surface area (Å²) in [4.78, 5) is 36.7. The van der Waals surface area contributed by atoms with Gasteiger partial charge in [0.15, 0.2) is 0 Å². The van der Waals surface area contributed by atoms with Gasteiger partial charge in [-0.15, -0.1) is 0 Å². The molecule has 5 heteroatoms. The summed E-state index contributed by atoms with van der Waals surface area (Å²) < 4.78 is 11.9. The molecule has 8 atom stereocenters. The molecule has 0 N–H and O–H groups in total. The minimum atomic E-state index is -0.543. The molecule has 4 unspecified atom stereocenters. The van der Waals surface area contributed by atoms with Gasteiger partial charge in [-0.25, -0.2) is 0 Å². The molecule has 30 heavy (non-hydrogen) atoms. The standard InChI is InChI=1S/C25H36O5/c1-6-16-7-8-18-21-19(10-12-24(16,18)4)25(5)11-9-17(28)13-20(25)22(29-14(2)26)23(21)30-15(3)27/h6,18-23H,7-13H2,1-5H3/b16-6-/t18?,19?,20?,21?,22-,23-,24-,25-/m1/s1. The second-order valence-electron chi connectivity index (χ2n) is 10.6. The molecule has 0 bridgehead atoms. The largest absolute Gasteiger partial charge is 0.458 e. The van der Waals surface area contributed by atoms with Crippen molar-refractivity contribution in [2.24, 2.45) is 34.5 Å². The van der Waals surface area contributed by atoms with E-state index < -0.39 is 12.2 Å². The number of ketones is 1. The fourth-order valence-corrected chi connectivity index (χ4v) is 8.00. The summed E-state index contributed by atoms with van der Waals surface area (Å²) in [6, 6.07) is 0. The first-order valence-corrected chi connectivity index (χ1v) is 11.6. The van der Waals surface area contributed by atoms with Crippen molar-refractivity contribution in [1.29, 1.82) is 0 Å². The number of fused-ring (bicyclic) bond motifs is 5. The number of rotatable bonds is 2. The van der Waals surface area contributed by atoms with E-state index in [0.717, 1.165) is 32.1 Å². The second-order valence-corrected chi connectivity index (χ2v) is 10.6.